The monoisotopic (exact) mass is 374 g/mol. The van der Waals surface area contributed by atoms with Gasteiger partial charge in [-0.3, -0.25) is 19.2 Å². The summed E-state index contributed by atoms with van der Waals surface area (Å²) in [6, 6.07) is -3.61. The molecule has 0 radical (unpaired) electrons. The average Bonchev–Trinajstić information content (AvgIpc) is 3.06. The van der Waals surface area contributed by atoms with Gasteiger partial charge in [0.2, 0.25) is 17.7 Å². The van der Waals surface area contributed by atoms with E-state index in [9.17, 15) is 24.0 Å². The minimum atomic E-state index is -1.62. The van der Waals surface area contributed by atoms with Crippen molar-refractivity contribution in [3.05, 3.63) is 0 Å². The highest BCUT2D eigenvalue weighted by Crippen LogP contribution is 2.18. The molecule has 1 saturated heterocycles. The van der Waals surface area contributed by atoms with Crippen molar-refractivity contribution in [2.24, 2.45) is 5.73 Å². The summed E-state index contributed by atoms with van der Waals surface area (Å²) >= 11 is 0. The molecule has 146 valence electrons. The third-order valence-electron chi connectivity index (χ3n) is 3.79. The second-order valence-corrected chi connectivity index (χ2v) is 5.75. The summed E-state index contributed by atoms with van der Waals surface area (Å²) in [5, 5.41) is 30.7. The number of amides is 3. The Morgan fingerprint density at radius 1 is 1.19 bits per heavy atom. The quantitative estimate of drug-likeness (QED) is 0.236. The van der Waals surface area contributed by atoms with Crippen LogP contribution in [0.15, 0.2) is 0 Å². The van der Waals surface area contributed by atoms with Crippen LogP contribution in [0.3, 0.4) is 0 Å². The van der Waals surface area contributed by atoms with E-state index in [0.717, 1.165) is 0 Å². The molecule has 3 amide bonds. The molecule has 3 unspecified atom stereocenters. The number of aliphatic hydroxyl groups is 1. The largest absolute Gasteiger partial charge is 0.481 e. The number of hydrogen-bond acceptors (Lipinski definition) is 7. The maximum Gasteiger partial charge on any atom is 0.326 e. The van der Waals surface area contributed by atoms with Gasteiger partial charge in [-0.1, -0.05) is 0 Å². The third kappa shape index (κ3) is 5.97. The van der Waals surface area contributed by atoms with E-state index in [0.29, 0.717) is 12.8 Å². The van der Waals surface area contributed by atoms with E-state index in [1.807, 2.05) is 5.32 Å². The predicted molar refractivity (Wildman–Crippen MR) is 84.6 cm³/mol. The molecule has 0 spiro atoms. The van der Waals surface area contributed by atoms with E-state index in [1.165, 1.54) is 4.90 Å². The molecule has 12 nitrogen and oxygen atoms in total. The van der Waals surface area contributed by atoms with Crippen molar-refractivity contribution in [2.45, 2.75) is 37.4 Å². The highest BCUT2D eigenvalue weighted by atomic mass is 16.4. The summed E-state index contributed by atoms with van der Waals surface area (Å²) in [6.07, 6.45) is 0.0982. The van der Waals surface area contributed by atoms with Crippen LogP contribution in [0.4, 0.5) is 0 Å². The fraction of sp³-hybridized carbons (Fsp3) is 0.643. The molecule has 1 aliphatic rings. The van der Waals surface area contributed by atoms with Crippen LogP contribution in [-0.2, 0) is 24.0 Å². The summed E-state index contributed by atoms with van der Waals surface area (Å²) in [5.74, 6) is -5.00. The SMILES string of the molecule is NC(CO)C(=O)N1CCCC1C(=O)NCC(=O)NC(CC(=O)O)C(=O)O. The van der Waals surface area contributed by atoms with E-state index >= 15 is 0 Å². The van der Waals surface area contributed by atoms with E-state index in [4.69, 9.17) is 21.1 Å². The normalized spacial score (nSPS) is 18.7. The summed E-state index contributed by atoms with van der Waals surface area (Å²) in [5.41, 5.74) is 5.46. The average molecular weight is 374 g/mol. The first-order valence-electron chi connectivity index (χ1n) is 7.86. The molecule has 1 fully saturated rings. The van der Waals surface area contributed by atoms with Gasteiger partial charge < -0.3 is 36.6 Å². The lowest BCUT2D eigenvalue weighted by molar-refractivity contribution is -0.147. The number of nitrogens with two attached hydrogens (primary N) is 1. The molecule has 3 atom stereocenters. The number of hydrogen-bond donors (Lipinski definition) is 6. The zero-order chi connectivity index (χ0) is 19.9. The molecule has 1 heterocycles. The molecular weight excluding hydrogens is 352 g/mol. The molecule has 1 rings (SSSR count). The molecule has 0 saturated carbocycles. The van der Waals surface area contributed by atoms with Gasteiger partial charge in [-0.05, 0) is 12.8 Å². The third-order valence-corrected chi connectivity index (χ3v) is 3.79. The minimum Gasteiger partial charge on any atom is -0.481 e. The van der Waals surface area contributed by atoms with Crippen LogP contribution < -0.4 is 16.4 Å². The molecule has 7 N–H and O–H groups in total. The topological polar surface area (TPSA) is 199 Å². The number of aliphatic hydroxyl groups excluding tert-OH is 1. The van der Waals surface area contributed by atoms with E-state index < -0.39 is 67.4 Å². The van der Waals surface area contributed by atoms with Crippen molar-refractivity contribution < 1.29 is 39.3 Å². The first-order chi connectivity index (χ1) is 12.2. The smallest absolute Gasteiger partial charge is 0.326 e. The number of carboxylic acid groups (broad SMARTS) is 2. The van der Waals surface area contributed by atoms with E-state index in [-0.39, 0.29) is 6.54 Å². The van der Waals surface area contributed by atoms with Crippen LogP contribution >= 0.6 is 0 Å². The van der Waals surface area contributed by atoms with Crippen molar-refractivity contribution in [1.29, 1.82) is 0 Å². The van der Waals surface area contributed by atoms with Gasteiger partial charge in [0.25, 0.3) is 0 Å². The van der Waals surface area contributed by atoms with Gasteiger partial charge >= 0.3 is 11.9 Å². The summed E-state index contributed by atoms with van der Waals surface area (Å²) in [7, 11) is 0. The Balaban J connectivity index is 2.56. The number of nitrogens with one attached hydrogen (secondary N) is 2. The van der Waals surface area contributed by atoms with Crippen LogP contribution in [0.1, 0.15) is 19.3 Å². The Bertz CT molecular complexity index is 581. The number of carbonyl (C=O) groups is 5. The lowest BCUT2D eigenvalue weighted by Gasteiger charge is -2.26. The van der Waals surface area contributed by atoms with Gasteiger partial charge in [-0.25, -0.2) is 4.79 Å². The summed E-state index contributed by atoms with van der Waals surface area (Å²) in [4.78, 5) is 58.6. The lowest BCUT2D eigenvalue weighted by atomic mass is 10.2. The molecule has 0 aromatic heterocycles. The van der Waals surface area contributed by atoms with Crippen molar-refractivity contribution in [3.63, 3.8) is 0 Å². The van der Waals surface area contributed by atoms with E-state index in [1.54, 1.807) is 0 Å². The van der Waals surface area contributed by atoms with Gasteiger partial charge in [0.1, 0.15) is 18.1 Å². The zero-order valence-electron chi connectivity index (χ0n) is 13.9. The standard InChI is InChI=1S/C14H22N4O8/c15-7(6-19)13(24)18-3-1-2-9(18)12(23)16-5-10(20)17-8(14(25)26)4-11(21)22/h7-9,19H,1-6,15H2,(H,16,23)(H,17,20)(H,21,22)(H,25,26). The lowest BCUT2D eigenvalue weighted by Crippen LogP contribution is -2.53. The minimum absolute atomic E-state index is 0.288. The Labute approximate surface area is 148 Å². The summed E-state index contributed by atoms with van der Waals surface area (Å²) in [6.45, 7) is -0.852. The highest BCUT2D eigenvalue weighted by molar-refractivity contribution is 5.93. The van der Waals surface area contributed by atoms with Crippen molar-refractivity contribution in [1.82, 2.24) is 15.5 Å². The first kappa shape index (κ1) is 21.3. The van der Waals surface area contributed by atoms with Gasteiger partial charge in [0.05, 0.1) is 19.6 Å². The molecular formula is C14H22N4O8. The Hall–Kier alpha value is -2.73. The molecule has 0 bridgehead atoms. The van der Waals surface area contributed by atoms with Crippen molar-refractivity contribution in [2.75, 3.05) is 19.7 Å². The van der Waals surface area contributed by atoms with Gasteiger partial charge in [0, 0.05) is 6.54 Å². The predicted octanol–water partition coefficient (Wildman–Crippen LogP) is -3.54. The Morgan fingerprint density at radius 2 is 1.85 bits per heavy atom. The second-order valence-electron chi connectivity index (χ2n) is 5.75. The van der Waals surface area contributed by atoms with Gasteiger partial charge in [0.15, 0.2) is 0 Å². The number of carbonyl (C=O) groups excluding carboxylic acids is 3. The highest BCUT2D eigenvalue weighted by Gasteiger charge is 2.36. The number of rotatable bonds is 9. The Kier molecular flexibility index (Phi) is 7.93. The van der Waals surface area contributed by atoms with Gasteiger partial charge in [-0.2, -0.15) is 0 Å². The molecule has 0 aliphatic carbocycles. The first-order valence-corrected chi connectivity index (χ1v) is 7.86. The second kappa shape index (κ2) is 9.68. The molecule has 26 heavy (non-hydrogen) atoms. The molecule has 1 aliphatic heterocycles. The number of carboxylic acids is 2. The maximum absolute atomic E-state index is 12.2. The van der Waals surface area contributed by atoms with Crippen molar-refractivity contribution in [3.8, 4) is 0 Å². The van der Waals surface area contributed by atoms with Gasteiger partial charge in [-0.15, -0.1) is 0 Å². The van der Waals surface area contributed by atoms with Crippen LogP contribution in [0.25, 0.3) is 0 Å². The zero-order valence-corrected chi connectivity index (χ0v) is 13.9. The van der Waals surface area contributed by atoms with Crippen LogP contribution in [0, 0.1) is 0 Å². The summed E-state index contributed by atoms with van der Waals surface area (Å²) < 4.78 is 0. The van der Waals surface area contributed by atoms with Crippen LogP contribution in [0.5, 0.6) is 0 Å². The molecule has 0 aromatic rings. The maximum atomic E-state index is 12.2. The Morgan fingerprint density at radius 3 is 2.38 bits per heavy atom. The molecule has 0 aromatic carbocycles. The van der Waals surface area contributed by atoms with Crippen LogP contribution in [-0.4, -0.2) is 87.7 Å². The fourth-order valence-corrected chi connectivity index (χ4v) is 2.50. The number of nitrogens with zero attached hydrogens (tertiary/aromatic N) is 1. The van der Waals surface area contributed by atoms with Crippen molar-refractivity contribution >= 4 is 29.7 Å². The molecule has 12 heteroatoms. The number of aliphatic carboxylic acids is 2. The number of likely N-dealkylation sites (tertiary alicyclic amines) is 1. The fourth-order valence-electron chi connectivity index (χ4n) is 2.50. The van der Waals surface area contributed by atoms with Crippen LogP contribution in [0.2, 0.25) is 0 Å². The van der Waals surface area contributed by atoms with E-state index in [2.05, 4.69) is 5.32 Å².